The summed E-state index contributed by atoms with van der Waals surface area (Å²) < 4.78 is 4.15. The number of hydrogen-bond donors (Lipinski definition) is 3. The van der Waals surface area contributed by atoms with Crippen LogP contribution < -0.4 is 16.4 Å². The lowest BCUT2D eigenvalue weighted by atomic mass is 9.80. The summed E-state index contributed by atoms with van der Waals surface area (Å²) in [6.07, 6.45) is 3.58. The molecule has 1 aliphatic rings. The number of nitrogens with zero attached hydrogens (tertiary/aromatic N) is 1. The number of aromatic nitrogens is 1. The van der Waals surface area contributed by atoms with E-state index in [2.05, 4.69) is 28.9 Å². The number of nitrogens with two attached hydrogens (primary N) is 1. The highest BCUT2D eigenvalue weighted by atomic mass is 32.1. The van der Waals surface area contributed by atoms with Crippen molar-refractivity contribution < 1.29 is 4.79 Å². The standard InChI is InChI=1S/C15H26N4OS/c1-8(2)17-14(20)12-13(16)19-21-15(12)18-11-6-5-9(3)7-10(11)4/h8-11,18H,5-7H2,1-4H3,(H2,16,19)(H,17,20). The van der Waals surface area contributed by atoms with Gasteiger partial charge in [-0.2, -0.15) is 4.37 Å². The van der Waals surface area contributed by atoms with Gasteiger partial charge < -0.3 is 16.4 Å². The van der Waals surface area contributed by atoms with Crippen LogP contribution in [0.5, 0.6) is 0 Å². The van der Waals surface area contributed by atoms with Gasteiger partial charge in [0.1, 0.15) is 10.6 Å². The molecule has 2 rings (SSSR count). The third-order valence-corrected chi connectivity index (χ3v) is 4.91. The number of nitrogens with one attached hydrogen (secondary N) is 2. The second-order valence-electron chi connectivity index (χ2n) is 6.55. The van der Waals surface area contributed by atoms with E-state index in [1.54, 1.807) is 0 Å². The van der Waals surface area contributed by atoms with Gasteiger partial charge in [-0.3, -0.25) is 4.79 Å². The average molecular weight is 310 g/mol. The number of carbonyl (C=O) groups excluding carboxylic acids is 1. The molecule has 0 saturated heterocycles. The summed E-state index contributed by atoms with van der Waals surface area (Å²) >= 11 is 1.28. The third kappa shape index (κ3) is 3.87. The molecule has 0 aliphatic heterocycles. The molecule has 1 aliphatic carbocycles. The van der Waals surface area contributed by atoms with Crippen molar-refractivity contribution in [2.75, 3.05) is 11.1 Å². The molecule has 1 saturated carbocycles. The number of nitrogen functional groups attached to an aromatic ring is 1. The largest absolute Gasteiger partial charge is 0.382 e. The van der Waals surface area contributed by atoms with Gasteiger partial charge in [0.2, 0.25) is 0 Å². The zero-order chi connectivity index (χ0) is 15.6. The number of carbonyl (C=O) groups is 1. The van der Waals surface area contributed by atoms with Crippen LogP contribution in [0.4, 0.5) is 10.8 Å². The second-order valence-corrected chi connectivity index (χ2v) is 7.32. The van der Waals surface area contributed by atoms with E-state index < -0.39 is 0 Å². The normalized spacial score (nSPS) is 25.9. The molecule has 3 atom stereocenters. The van der Waals surface area contributed by atoms with Crippen LogP contribution in [0.25, 0.3) is 0 Å². The maximum atomic E-state index is 12.3. The van der Waals surface area contributed by atoms with Crippen LogP contribution in [0.1, 0.15) is 57.3 Å². The van der Waals surface area contributed by atoms with Crippen LogP contribution >= 0.6 is 11.5 Å². The zero-order valence-electron chi connectivity index (χ0n) is 13.3. The number of amides is 1. The van der Waals surface area contributed by atoms with Crippen molar-refractivity contribution in [2.24, 2.45) is 11.8 Å². The molecule has 6 heteroatoms. The van der Waals surface area contributed by atoms with Crippen molar-refractivity contribution >= 4 is 28.3 Å². The fourth-order valence-corrected chi connectivity index (χ4v) is 3.78. The van der Waals surface area contributed by atoms with Gasteiger partial charge in [-0.25, -0.2) is 0 Å². The number of hydrogen-bond acceptors (Lipinski definition) is 5. The first-order valence-corrected chi connectivity index (χ1v) is 8.48. The Morgan fingerprint density at radius 2 is 2.10 bits per heavy atom. The highest BCUT2D eigenvalue weighted by Gasteiger charge is 2.28. The molecule has 21 heavy (non-hydrogen) atoms. The van der Waals surface area contributed by atoms with E-state index in [0.717, 1.165) is 17.3 Å². The highest BCUT2D eigenvalue weighted by Crippen LogP contribution is 2.34. The zero-order valence-corrected chi connectivity index (χ0v) is 14.1. The summed E-state index contributed by atoms with van der Waals surface area (Å²) in [5.41, 5.74) is 6.38. The second kappa shape index (κ2) is 6.64. The lowest BCUT2D eigenvalue weighted by Gasteiger charge is -2.33. The summed E-state index contributed by atoms with van der Waals surface area (Å²) in [4.78, 5) is 12.3. The Kier molecular flexibility index (Phi) is 5.08. The van der Waals surface area contributed by atoms with Gasteiger partial charge >= 0.3 is 0 Å². The number of rotatable bonds is 4. The Morgan fingerprint density at radius 3 is 2.71 bits per heavy atom. The van der Waals surface area contributed by atoms with Crippen molar-refractivity contribution in [3.05, 3.63) is 5.56 Å². The molecular formula is C15H26N4OS. The predicted octanol–water partition coefficient (Wildman–Crippen LogP) is 3.10. The van der Waals surface area contributed by atoms with E-state index in [-0.39, 0.29) is 11.9 Å². The van der Waals surface area contributed by atoms with Crippen LogP contribution in [0, 0.1) is 11.8 Å². The summed E-state index contributed by atoms with van der Waals surface area (Å²) in [5, 5.41) is 7.20. The molecule has 4 N–H and O–H groups in total. The van der Waals surface area contributed by atoms with E-state index in [4.69, 9.17) is 5.73 Å². The van der Waals surface area contributed by atoms with Crippen molar-refractivity contribution in [1.82, 2.24) is 9.69 Å². The molecular weight excluding hydrogens is 284 g/mol. The minimum Gasteiger partial charge on any atom is -0.382 e. The number of anilines is 2. The average Bonchev–Trinajstić information content (AvgIpc) is 2.73. The van der Waals surface area contributed by atoms with Crippen molar-refractivity contribution in [3.8, 4) is 0 Å². The van der Waals surface area contributed by atoms with Gasteiger partial charge in [0.15, 0.2) is 5.82 Å². The molecule has 1 aromatic heterocycles. The minimum absolute atomic E-state index is 0.0825. The van der Waals surface area contributed by atoms with Crippen LogP contribution in [0.2, 0.25) is 0 Å². The molecule has 0 spiro atoms. The quantitative estimate of drug-likeness (QED) is 0.798. The molecule has 1 amide bonds. The molecule has 0 radical (unpaired) electrons. The van der Waals surface area contributed by atoms with Gasteiger partial charge in [0.05, 0.1) is 0 Å². The molecule has 1 fully saturated rings. The Labute approximate surface area is 130 Å². The topological polar surface area (TPSA) is 80.0 Å². The smallest absolute Gasteiger partial charge is 0.258 e. The van der Waals surface area contributed by atoms with E-state index >= 15 is 0 Å². The van der Waals surface area contributed by atoms with Crippen LogP contribution in [0.3, 0.4) is 0 Å². The van der Waals surface area contributed by atoms with Gasteiger partial charge in [-0.05, 0) is 56.5 Å². The van der Waals surface area contributed by atoms with E-state index in [1.165, 1.54) is 24.4 Å². The van der Waals surface area contributed by atoms with Crippen LogP contribution in [-0.2, 0) is 0 Å². The lowest BCUT2D eigenvalue weighted by Crippen LogP contribution is -2.34. The molecule has 1 heterocycles. The Hall–Kier alpha value is -1.30. The molecule has 5 nitrogen and oxygen atoms in total. The first-order valence-electron chi connectivity index (χ1n) is 7.71. The van der Waals surface area contributed by atoms with E-state index in [0.29, 0.717) is 23.3 Å². The monoisotopic (exact) mass is 310 g/mol. The maximum Gasteiger partial charge on any atom is 0.258 e. The van der Waals surface area contributed by atoms with E-state index in [1.807, 2.05) is 13.8 Å². The Morgan fingerprint density at radius 1 is 1.38 bits per heavy atom. The maximum absolute atomic E-state index is 12.3. The van der Waals surface area contributed by atoms with Crippen molar-refractivity contribution in [1.29, 1.82) is 0 Å². The van der Waals surface area contributed by atoms with Gasteiger partial charge in [-0.15, -0.1) is 0 Å². The molecule has 1 aromatic rings. The highest BCUT2D eigenvalue weighted by molar-refractivity contribution is 7.11. The van der Waals surface area contributed by atoms with Gasteiger partial charge in [0, 0.05) is 12.1 Å². The molecule has 0 bridgehead atoms. The van der Waals surface area contributed by atoms with Crippen molar-refractivity contribution in [2.45, 2.75) is 59.0 Å². The summed E-state index contributed by atoms with van der Waals surface area (Å²) in [6.45, 7) is 8.45. The Bertz CT molecular complexity index is 500. The first-order chi connectivity index (χ1) is 9.88. The molecule has 0 aromatic carbocycles. The fraction of sp³-hybridized carbons (Fsp3) is 0.733. The SMILES string of the molecule is CC1CCC(Nc2snc(N)c2C(=O)NC(C)C)C(C)C1. The first kappa shape index (κ1) is 16.1. The molecule has 3 unspecified atom stereocenters. The Balaban J connectivity index is 2.12. The van der Waals surface area contributed by atoms with Crippen LogP contribution in [0.15, 0.2) is 0 Å². The van der Waals surface area contributed by atoms with E-state index in [9.17, 15) is 4.79 Å². The lowest BCUT2D eigenvalue weighted by molar-refractivity contribution is 0.0945. The van der Waals surface area contributed by atoms with Gasteiger partial charge in [0.25, 0.3) is 5.91 Å². The van der Waals surface area contributed by atoms with Gasteiger partial charge in [-0.1, -0.05) is 13.8 Å². The minimum atomic E-state index is -0.143. The van der Waals surface area contributed by atoms with Crippen LogP contribution in [-0.4, -0.2) is 22.4 Å². The predicted molar refractivity (Wildman–Crippen MR) is 88.7 cm³/mol. The summed E-state index contributed by atoms with van der Waals surface area (Å²) in [7, 11) is 0. The third-order valence-electron chi connectivity index (χ3n) is 4.11. The fourth-order valence-electron chi connectivity index (χ4n) is 3.00. The van der Waals surface area contributed by atoms with Crippen molar-refractivity contribution in [3.63, 3.8) is 0 Å². The summed E-state index contributed by atoms with van der Waals surface area (Å²) in [6, 6.07) is 0.478. The summed E-state index contributed by atoms with van der Waals surface area (Å²) in [5.74, 6) is 1.56. The molecule has 118 valence electrons.